The van der Waals surface area contributed by atoms with E-state index in [0.29, 0.717) is 6.10 Å². The van der Waals surface area contributed by atoms with E-state index in [1.54, 1.807) is 14.2 Å². The third-order valence-corrected chi connectivity index (χ3v) is 4.64. The summed E-state index contributed by atoms with van der Waals surface area (Å²) in [4.78, 5) is 0. The Bertz CT molecular complexity index is 235. The van der Waals surface area contributed by atoms with Crippen molar-refractivity contribution in [3.8, 4) is 0 Å². The monoisotopic (exact) mass is 300 g/mol. The molecule has 0 aromatic carbocycles. The summed E-state index contributed by atoms with van der Waals surface area (Å²) in [6.45, 7) is 3.23. The zero-order valence-electron chi connectivity index (χ0n) is 14.5. The number of ether oxygens (including phenoxy) is 3. The van der Waals surface area contributed by atoms with Crippen LogP contribution in [0.2, 0.25) is 0 Å². The lowest BCUT2D eigenvalue weighted by Gasteiger charge is -2.31. The van der Waals surface area contributed by atoms with Crippen LogP contribution < -0.4 is 0 Å². The minimum Gasteiger partial charge on any atom is -0.373 e. The minimum absolute atomic E-state index is 0.353. The van der Waals surface area contributed by atoms with Crippen molar-refractivity contribution in [3.05, 3.63) is 0 Å². The van der Waals surface area contributed by atoms with E-state index in [1.807, 2.05) is 0 Å². The highest BCUT2D eigenvalue weighted by atomic mass is 16.7. The molecule has 3 heteroatoms. The second-order valence-electron chi connectivity index (χ2n) is 6.39. The van der Waals surface area contributed by atoms with E-state index in [2.05, 4.69) is 6.92 Å². The second-order valence-corrected chi connectivity index (χ2v) is 6.39. The number of hydrogen-bond acceptors (Lipinski definition) is 3. The van der Waals surface area contributed by atoms with Crippen molar-refractivity contribution in [3.63, 3.8) is 0 Å². The Morgan fingerprint density at radius 3 is 1.90 bits per heavy atom. The van der Waals surface area contributed by atoms with Crippen molar-refractivity contribution in [1.29, 1.82) is 0 Å². The van der Waals surface area contributed by atoms with Crippen molar-refractivity contribution in [2.24, 2.45) is 0 Å². The molecule has 0 aliphatic carbocycles. The molecule has 1 heterocycles. The van der Waals surface area contributed by atoms with Gasteiger partial charge in [0.15, 0.2) is 5.79 Å². The summed E-state index contributed by atoms with van der Waals surface area (Å²) in [7, 11) is 3.57. The lowest BCUT2D eigenvalue weighted by molar-refractivity contribution is -0.216. The summed E-state index contributed by atoms with van der Waals surface area (Å²) >= 11 is 0. The molecule has 1 rings (SSSR count). The quantitative estimate of drug-likeness (QED) is 0.240. The Kier molecular flexibility index (Phi) is 10.3. The average Bonchev–Trinajstić information content (AvgIpc) is 3.33. The van der Waals surface area contributed by atoms with Crippen LogP contribution in [-0.4, -0.2) is 32.7 Å². The maximum atomic E-state index is 5.70. The molecule has 0 amide bonds. The molecule has 1 aliphatic rings. The Labute approximate surface area is 131 Å². The molecule has 21 heavy (non-hydrogen) atoms. The van der Waals surface area contributed by atoms with Gasteiger partial charge in [-0.1, -0.05) is 51.9 Å². The summed E-state index contributed by atoms with van der Waals surface area (Å²) in [6, 6.07) is 0. The molecule has 0 bridgehead atoms. The molecule has 0 N–H and O–H groups in total. The molecular weight excluding hydrogens is 264 g/mol. The number of epoxide rings is 1. The molecule has 1 fully saturated rings. The van der Waals surface area contributed by atoms with E-state index >= 15 is 0 Å². The molecule has 1 unspecified atom stereocenters. The van der Waals surface area contributed by atoms with Gasteiger partial charge in [0, 0.05) is 27.1 Å². The largest absolute Gasteiger partial charge is 0.373 e. The van der Waals surface area contributed by atoms with E-state index in [0.717, 1.165) is 25.9 Å². The van der Waals surface area contributed by atoms with Gasteiger partial charge >= 0.3 is 0 Å². The Hall–Kier alpha value is -0.120. The fourth-order valence-corrected chi connectivity index (χ4v) is 2.97. The maximum absolute atomic E-state index is 5.70. The third-order valence-electron chi connectivity index (χ3n) is 4.64. The molecule has 0 aromatic heterocycles. The topological polar surface area (TPSA) is 31.0 Å². The van der Waals surface area contributed by atoms with Crippen LogP contribution in [-0.2, 0) is 14.2 Å². The highest BCUT2D eigenvalue weighted by molar-refractivity contribution is 4.72. The van der Waals surface area contributed by atoms with Gasteiger partial charge in [-0.2, -0.15) is 0 Å². The molecule has 126 valence electrons. The molecule has 1 aliphatic heterocycles. The first-order valence-electron chi connectivity index (χ1n) is 8.98. The van der Waals surface area contributed by atoms with Crippen molar-refractivity contribution >= 4 is 0 Å². The standard InChI is InChI=1S/C18H36O3/c1-4-5-6-7-8-9-11-14-18(19-2,20-3)15-12-10-13-17-16-21-17/h17H,4-16H2,1-3H3. The summed E-state index contributed by atoms with van der Waals surface area (Å²) in [5, 5.41) is 0. The van der Waals surface area contributed by atoms with Crippen molar-refractivity contribution in [2.75, 3.05) is 20.8 Å². The fourth-order valence-electron chi connectivity index (χ4n) is 2.97. The van der Waals surface area contributed by atoms with Crippen LogP contribution in [0, 0.1) is 0 Å². The second kappa shape index (κ2) is 11.4. The molecule has 0 saturated carbocycles. The summed E-state index contributed by atoms with van der Waals surface area (Å²) in [5.41, 5.74) is 0. The molecule has 0 spiro atoms. The Morgan fingerprint density at radius 1 is 0.857 bits per heavy atom. The van der Waals surface area contributed by atoms with E-state index < -0.39 is 0 Å². The average molecular weight is 300 g/mol. The van der Waals surface area contributed by atoms with Crippen LogP contribution in [0.25, 0.3) is 0 Å². The molecule has 1 atom stereocenters. The van der Waals surface area contributed by atoms with Gasteiger partial charge < -0.3 is 14.2 Å². The van der Waals surface area contributed by atoms with Crippen LogP contribution >= 0.6 is 0 Å². The normalized spacial score (nSPS) is 18.1. The molecule has 0 radical (unpaired) electrons. The summed E-state index contributed by atoms with van der Waals surface area (Å²) < 4.78 is 16.7. The molecule has 1 saturated heterocycles. The van der Waals surface area contributed by atoms with E-state index in [-0.39, 0.29) is 5.79 Å². The minimum atomic E-state index is -0.353. The number of hydrogen-bond donors (Lipinski definition) is 0. The fraction of sp³-hybridized carbons (Fsp3) is 1.00. The van der Waals surface area contributed by atoms with E-state index in [4.69, 9.17) is 14.2 Å². The highest BCUT2D eigenvalue weighted by Crippen LogP contribution is 2.28. The van der Waals surface area contributed by atoms with Gasteiger partial charge in [0.2, 0.25) is 0 Å². The first kappa shape index (κ1) is 18.9. The zero-order chi connectivity index (χ0) is 15.4. The van der Waals surface area contributed by atoms with Gasteiger partial charge in [-0.3, -0.25) is 0 Å². The van der Waals surface area contributed by atoms with Crippen LogP contribution in [0.1, 0.15) is 84.0 Å². The lowest BCUT2D eigenvalue weighted by atomic mass is 9.99. The molecule has 3 nitrogen and oxygen atoms in total. The Morgan fingerprint density at radius 2 is 1.38 bits per heavy atom. The summed E-state index contributed by atoms with van der Waals surface area (Å²) in [6.07, 6.45) is 15.5. The molecule has 0 aromatic rings. The van der Waals surface area contributed by atoms with Crippen molar-refractivity contribution in [2.45, 2.75) is 95.9 Å². The zero-order valence-corrected chi connectivity index (χ0v) is 14.5. The smallest absolute Gasteiger partial charge is 0.167 e. The summed E-state index contributed by atoms with van der Waals surface area (Å²) in [5.74, 6) is -0.353. The van der Waals surface area contributed by atoms with Gasteiger partial charge in [-0.25, -0.2) is 0 Å². The number of unbranched alkanes of at least 4 members (excludes halogenated alkanes) is 7. The van der Waals surface area contributed by atoms with Crippen molar-refractivity contribution in [1.82, 2.24) is 0 Å². The van der Waals surface area contributed by atoms with Crippen LogP contribution in [0.3, 0.4) is 0 Å². The van der Waals surface area contributed by atoms with Gasteiger partial charge in [-0.05, 0) is 19.3 Å². The highest BCUT2D eigenvalue weighted by Gasteiger charge is 2.29. The van der Waals surface area contributed by atoms with Gasteiger partial charge in [0.25, 0.3) is 0 Å². The van der Waals surface area contributed by atoms with E-state index in [1.165, 1.54) is 57.8 Å². The van der Waals surface area contributed by atoms with E-state index in [9.17, 15) is 0 Å². The SMILES string of the molecule is CCCCCCCCCC(CCCCC1CO1)(OC)OC. The number of methoxy groups -OCH3 is 2. The maximum Gasteiger partial charge on any atom is 0.167 e. The number of rotatable bonds is 15. The first-order valence-corrected chi connectivity index (χ1v) is 8.98. The molecular formula is C18H36O3. The predicted octanol–water partition coefficient (Wildman–Crippen LogP) is 5.08. The van der Waals surface area contributed by atoms with Gasteiger partial charge in [0.05, 0.1) is 12.7 Å². The lowest BCUT2D eigenvalue weighted by Crippen LogP contribution is -2.33. The van der Waals surface area contributed by atoms with Crippen LogP contribution in [0.15, 0.2) is 0 Å². The van der Waals surface area contributed by atoms with Gasteiger partial charge in [0.1, 0.15) is 0 Å². The van der Waals surface area contributed by atoms with Crippen LogP contribution in [0.4, 0.5) is 0 Å². The first-order chi connectivity index (χ1) is 10.3. The third kappa shape index (κ3) is 8.80. The van der Waals surface area contributed by atoms with Crippen LogP contribution in [0.5, 0.6) is 0 Å². The van der Waals surface area contributed by atoms with Gasteiger partial charge in [-0.15, -0.1) is 0 Å². The van der Waals surface area contributed by atoms with Crippen molar-refractivity contribution < 1.29 is 14.2 Å². The Balaban J connectivity index is 2.07. The predicted molar refractivity (Wildman–Crippen MR) is 87.6 cm³/mol.